The van der Waals surface area contributed by atoms with Gasteiger partial charge in [-0.3, -0.25) is 4.79 Å². The number of rotatable bonds is 4. The maximum atomic E-state index is 13.7. The molecule has 1 atom stereocenters. The summed E-state index contributed by atoms with van der Waals surface area (Å²) in [5, 5.41) is 8.79. The number of aromatic nitrogens is 1. The highest BCUT2D eigenvalue weighted by atomic mass is 19.1. The average molecular weight is 248 g/mol. The van der Waals surface area contributed by atoms with Gasteiger partial charge in [0.25, 0.3) is 0 Å². The van der Waals surface area contributed by atoms with E-state index in [9.17, 15) is 9.18 Å². The molecule has 4 nitrogen and oxygen atoms in total. The van der Waals surface area contributed by atoms with Gasteiger partial charge in [-0.25, -0.2) is 4.39 Å². The van der Waals surface area contributed by atoms with Gasteiger partial charge in [0, 0.05) is 18.3 Å². The lowest BCUT2D eigenvalue weighted by Gasteiger charge is -2.12. The molecular weight excluding hydrogens is 235 g/mol. The van der Waals surface area contributed by atoms with Gasteiger partial charge in [0.15, 0.2) is 0 Å². The summed E-state index contributed by atoms with van der Waals surface area (Å²) in [5.74, 6) is -1.44. The number of carboxylic acids is 1. The number of nitrogens with zero attached hydrogens (tertiary/aromatic N) is 1. The SMILES string of the molecule is NC(Cc1cccn1-c1ccccc1F)C(=O)O. The van der Waals surface area contributed by atoms with Gasteiger partial charge < -0.3 is 15.4 Å². The maximum Gasteiger partial charge on any atom is 0.320 e. The fourth-order valence-electron chi connectivity index (χ4n) is 1.78. The molecule has 1 aromatic carbocycles. The van der Waals surface area contributed by atoms with Crippen LogP contribution in [0.25, 0.3) is 5.69 Å². The van der Waals surface area contributed by atoms with Crippen LogP contribution in [0.2, 0.25) is 0 Å². The molecule has 0 radical (unpaired) electrons. The number of benzene rings is 1. The van der Waals surface area contributed by atoms with Gasteiger partial charge in [0.05, 0.1) is 5.69 Å². The highest BCUT2D eigenvalue weighted by Gasteiger charge is 2.15. The number of hydrogen-bond donors (Lipinski definition) is 2. The van der Waals surface area contributed by atoms with Crippen LogP contribution in [0.3, 0.4) is 0 Å². The first-order valence-corrected chi connectivity index (χ1v) is 5.49. The Morgan fingerprint density at radius 2 is 2.06 bits per heavy atom. The Bertz CT molecular complexity index is 566. The molecule has 0 amide bonds. The van der Waals surface area contributed by atoms with Crippen molar-refractivity contribution in [2.75, 3.05) is 0 Å². The summed E-state index contributed by atoms with van der Waals surface area (Å²) in [6, 6.07) is 8.78. The van der Waals surface area contributed by atoms with E-state index in [-0.39, 0.29) is 12.2 Å². The zero-order chi connectivity index (χ0) is 13.1. The predicted octanol–water partition coefficient (Wildman–Crippen LogP) is 1.57. The smallest absolute Gasteiger partial charge is 0.320 e. The van der Waals surface area contributed by atoms with Crippen molar-refractivity contribution >= 4 is 5.97 Å². The minimum absolute atomic E-state index is 0.149. The van der Waals surface area contributed by atoms with Gasteiger partial charge in [-0.1, -0.05) is 12.1 Å². The van der Waals surface area contributed by atoms with Crippen molar-refractivity contribution in [2.24, 2.45) is 5.73 Å². The summed E-state index contributed by atoms with van der Waals surface area (Å²) in [5.41, 5.74) is 6.53. The van der Waals surface area contributed by atoms with Gasteiger partial charge in [0.2, 0.25) is 0 Å². The van der Waals surface area contributed by atoms with E-state index >= 15 is 0 Å². The molecule has 2 aromatic rings. The standard InChI is InChI=1S/C13H13FN2O2/c14-10-5-1-2-6-12(10)16-7-3-4-9(16)8-11(15)13(17)18/h1-7,11H,8,15H2,(H,17,18). The second-order valence-corrected chi connectivity index (χ2v) is 3.97. The van der Waals surface area contributed by atoms with Crippen LogP contribution < -0.4 is 5.73 Å². The highest BCUT2D eigenvalue weighted by molar-refractivity contribution is 5.73. The van der Waals surface area contributed by atoms with Crippen LogP contribution in [0, 0.1) is 5.82 Å². The van der Waals surface area contributed by atoms with E-state index in [1.807, 2.05) is 0 Å². The lowest BCUT2D eigenvalue weighted by Crippen LogP contribution is -2.32. The Labute approximate surface area is 103 Å². The Balaban J connectivity index is 2.34. The molecule has 18 heavy (non-hydrogen) atoms. The van der Waals surface area contributed by atoms with E-state index in [1.54, 1.807) is 41.1 Å². The molecule has 1 heterocycles. The molecule has 1 unspecified atom stereocenters. The second kappa shape index (κ2) is 5.01. The van der Waals surface area contributed by atoms with Crippen LogP contribution >= 0.6 is 0 Å². The van der Waals surface area contributed by atoms with E-state index in [2.05, 4.69) is 0 Å². The third-order valence-corrected chi connectivity index (χ3v) is 2.69. The molecule has 0 bridgehead atoms. The van der Waals surface area contributed by atoms with Crippen molar-refractivity contribution in [1.29, 1.82) is 0 Å². The Hall–Kier alpha value is -2.14. The fraction of sp³-hybridized carbons (Fsp3) is 0.154. The van der Waals surface area contributed by atoms with E-state index in [4.69, 9.17) is 10.8 Å². The van der Waals surface area contributed by atoms with Gasteiger partial charge in [0.1, 0.15) is 11.9 Å². The zero-order valence-electron chi connectivity index (χ0n) is 9.58. The first kappa shape index (κ1) is 12.3. The number of hydrogen-bond acceptors (Lipinski definition) is 2. The van der Waals surface area contributed by atoms with Crippen molar-refractivity contribution in [2.45, 2.75) is 12.5 Å². The molecule has 0 saturated carbocycles. The van der Waals surface area contributed by atoms with Crippen molar-refractivity contribution < 1.29 is 14.3 Å². The van der Waals surface area contributed by atoms with Gasteiger partial charge >= 0.3 is 5.97 Å². The topological polar surface area (TPSA) is 68.2 Å². The third-order valence-electron chi connectivity index (χ3n) is 2.69. The van der Waals surface area contributed by atoms with E-state index in [1.165, 1.54) is 6.07 Å². The molecule has 0 aliphatic heterocycles. The number of nitrogens with two attached hydrogens (primary N) is 1. The summed E-state index contributed by atoms with van der Waals surface area (Å²) in [4.78, 5) is 10.7. The molecular formula is C13H13FN2O2. The first-order valence-electron chi connectivity index (χ1n) is 5.49. The average Bonchev–Trinajstić information content (AvgIpc) is 2.77. The normalized spacial score (nSPS) is 12.3. The minimum Gasteiger partial charge on any atom is -0.480 e. The summed E-state index contributed by atoms with van der Waals surface area (Å²) < 4.78 is 15.3. The van der Waals surface area contributed by atoms with Crippen LogP contribution in [0.1, 0.15) is 5.69 Å². The predicted molar refractivity (Wildman–Crippen MR) is 65.0 cm³/mol. The number of halogens is 1. The molecule has 0 aliphatic carbocycles. The van der Waals surface area contributed by atoms with Crippen molar-refractivity contribution in [3.63, 3.8) is 0 Å². The van der Waals surface area contributed by atoms with E-state index in [0.717, 1.165) is 0 Å². The Morgan fingerprint density at radius 3 is 2.72 bits per heavy atom. The van der Waals surface area contributed by atoms with E-state index in [0.29, 0.717) is 11.4 Å². The van der Waals surface area contributed by atoms with Gasteiger partial charge in [-0.05, 0) is 24.3 Å². The largest absolute Gasteiger partial charge is 0.480 e. The number of carboxylic acid groups (broad SMARTS) is 1. The van der Waals surface area contributed by atoms with Crippen molar-refractivity contribution in [3.8, 4) is 5.69 Å². The zero-order valence-corrected chi connectivity index (χ0v) is 9.58. The number of carbonyl (C=O) groups is 1. The van der Waals surface area contributed by atoms with Crippen LogP contribution in [0.4, 0.5) is 4.39 Å². The molecule has 94 valence electrons. The Morgan fingerprint density at radius 1 is 1.33 bits per heavy atom. The lowest BCUT2D eigenvalue weighted by molar-refractivity contribution is -0.138. The first-order chi connectivity index (χ1) is 8.59. The molecule has 1 aromatic heterocycles. The summed E-state index contributed by atoms with van der Waals surface area (Å²) >= 11 is 0. The van der Waals surface area contributed by atoms with Crippen LogP contribution in [0.15, 0.2) is 42.6 Å². The molecule has 2 rings (SSSR count). The molecule has 0 fully saturated rings. The van der Waals surface area contributed by atoms with Crippen LogP contribution in [-0.2, 0) is 11.2 Å². The Kier molecular flexibility index (Phi) is 3.43. The van der Waals surface area contributed by atoms with Crippen molar-refractivity contribution in [3.05, 3.63) is 54.1 Å². The molecule has 5 heteroatoms. The summed E-state index contributed by atoms with van der Waals surface area (Å²) in [7, 11) is 0. The molecule has 0 saturated heterocycles. The third kappa shape index (κ3) is 2.41. The quantitative estimate of drug-likeness (QED) is 0.863. The number of aliphatic carboxylic acids is 1. The maximum absolute atomic E-state index is 13.7. The molecule has 0 aliphatic rings. The number of para-hydroxylation sites is 1. The van der Waals surface area contributed by atoms with Crippen LogP contribution in [0.5, 0.6) is 0 Å². The highest BCUT2D eigenvalue weighted by Crippen LogP contribution is 2.17. The van der Waals surface area contributed by atoms with Crippen LogP contribution in [-0.4, -0.2) is 21.7 Å². The molecule has 3 N–H and O–H groups in total. The van der Waals surface area contributed by atoms with Gasteiger partial charge in [-0.2, -0.15) is 0 Å². The van der Waals surface area contributed by atoms with E-state index < -0.39 is 12.0 Å². The second-order valence-electron chi connectivity index (χ2n) is 3.97. The summed E-state index contributed by atoms with van der Waals surface area (Å²) in [6.45, 7) is 0. The minimum atomic E-state index is -1.07. The van der Waals surface area contributed by atoms with Gasteiger partial charge in [-0.15, -0.1) is 0 Å². The lowest BCUT2D eigenvalue weighted by atomic mass is 10.1. The fourth-order valence-corrected chi connectivity index (χ4v) is 1.78. The monoisotopic (exact) mass is 248 g/mol. The molecule has 0 spiro atoms. The van der Waals surface area contributed by atoms with Crippen molar-refractivity contribution in [1.82, 2.24) is 4.57 Å². The summed E-state index contributed by atoms with van der Waals surface area (Å²) in [6.07, 6.45) is 1.83.